The minimum absolute atomic E-state index is 0. The molecular formula is C21H31IN2S. The highest BCUT2D eigenvalue weighted by Gasteiger charge is 2.14. The Hall–Kier alpha value is -0.880. The standard InChI is InChI=1S/C21H31N2S.HI/c1-5-6-7-8-9-16-23-18(2)17-24-21(23)15-12-19-10-13-20(14-11-19)22(3)4;/h10-15,17H,5-9,16H2,1-4H3;1H/q+1;/p-1. The van der Waals surface area contributed by atoms with Crippen LogP contribution in [0.15, 0.2) is 29.6 Å². The molecule has 0 aliphatic heterocycles. The normalized spacial score (nSPS) is 10.9. The monoisotopic (exact) mass is 470 g/mol. The second-order valence-corrected chi connectivity index (χ2v) is 7.49. The third-order valence-electron chi connectivity index (χ3n) is 4.36. The first-order valence-corrected chi connectivity index (χ1v) is 9.93. The van der Waals surface area contributed by atoms with Crippen LogP contribution in [0.3, 0.4) is 0 Å². The number of hydrogen-bond donors (Lipinski definition) is 0. The fraction of sp³-hybridized carbons (Fsp3) is 0.476. The average Bonchev–Trinajstić information content (AvgIpc) is 2.93. The first-order valence-electron chi connectivity index (χ1n) is 9.05. The van der Waals surface area contributed by atoms with E-state index in [1.807, 2.05) is 11.3 Å². The second-order valence-electron chi connectivity index (χ2n) is 6.60. The van der Waals surface area contributed by atoms with Crippen LogP contribution in [-0.2, 0) is 6.54 Å². The van der Waals surface area contributed by atoms with Gasteiger partial charge in [0.15, 0.2) is 5.69 Å². The third-order valence-corrected chi connectivity index (χ3v) is 5.41. The molecule has 0 fully saturated rings. The number of aryl methyl sites for hydroxylation is 1. The van der Waals surface area contributed by atoms with Crippen LogP contribution in [0.2, 0.25) is 0 Å². The van der Waals surface area contributed by atoms with Crippen molar-refractivity contribution in [1.29, 1.82) is 0 Å². The molecule has 1 aromatic carbocycles. The Bertz CT molecular complexity index is 644. The maximum atomic E-state index is 2.46. The molecule has 0 unspecified atom stereocenters. The highest BCUT2D eigenvalue weighted by molar-refractivity contribution is 7.10. The molecule has 0 saturated carbocycles. The number of thiazole rings is 1. The molecule has 0 saturated heterocycles. The Balaban J connectivity index is 0.00000312. The molecule has 1 heterocycles. The molecule has 2 rings (SSSR count). The van der Waals surface area contributed by atoms with Gasteiger partial charge in [-0.15, -0.1) is 0 Å². The topological polar surface area (TPSA) is 7.12 Å². The van der Waals surface area contributed by atoms with Crippen molar-refractivity contribution in [3.63, 3.8) is 0 Å². The maximum Gasteiger partial charge on any atom is 0.261 e. The van der Waals surface area contributed by atoms with E-state index in [9.17, 15) is 0 Å². The summed E-state index contributed by atoms with van der Waals surface area (Å²) in [5.41, 5.74) is 3.86. The van der Waals surface area contributed by atoms with E-state index >= 15 is 0 Å². The SMILES string of the molecule is CCCCCCC[n+]1c(C)csc1/C=C/c1ccc(N(C)C)cc1.[I-]. The molecule has 1 aromatic heterocycles. The fourth-order valence-corrected chi connectivity index (χ4v) is 3.71. The van der Waals surface area contributed by atoms with Gasteiger partial charge in [0.25, 0.3) is 5.01 Å². The molecule has 2 nitrogen and oxygen atoms in total. The molecule has 2 aromatic rings. The Kier molecular flexibility index (Phi) is 10.4. The number of unbranched alkanes of at least 4 members (excludes halogenated alkanes) is 4. The minimum atomic E-state index is 0. The van der Waals surface area contributed by atoms with Crippen LogP contribution in [0.25, 0.3) is 12.2 Å². The number of hydrogen-bond acceptors (Lipinski definition) is 2. The first kappa shape index (κ1) is 22.2. The molecule has 4 heteroatoms. The van der Waals surface area contributed by atoms with Gasteiger partial charge in [0, 0.05) is 39.2 Å². The number of benzene rings is 1. The van der Waals surface area contributed by atoms with Gasteiger partial charge in [-0.05, 0) is 30.2 Å². The van der Waals surface area contributed by atoms with Crippen molar-refractivity contribution in [1.82, 2.24) is 0 Å². The molecule has 0 aliphatic carbocycles. The van der Waals surface area contributed by atoms with Crippen LogP contribution in [0.4, 0.5) is 5.69 Å². The Labute approximate surface area is 174 Å². The maximum absolute atomic E-state index is 2.46. The van der Waals surface area contributed by atoms with Gasteiger partial charge in [-0.1, -0.05) is 49.7 Å². The number of halogens is 1. The Morgan fingerprint density at radius 1 is 1.00 bits per heavy atom. The summed E-state index contributed by atoms with van der Waals surface area (Å²) < 4.78 is 2.46. The summed E-state index contributed by atoms with van der Waals surface area (Å²) in [7, 11) is 4.14. The van der Waals surface area contributed by atoms with Gasteiger partial charge in [0.1, 0.15) is 6.54 Å². The van der Waals surface area contributed by atoms with Gasteiger partial charge in [-0.2, -0.15) is 4.57 Å². The molecule has 0 radical (unpaired) electrons. The van der Waals surface area contributed by atoms with E-state index in [0.29, 0.717) is 0 Å². The van der Waals surface area contributed by atoms with Crippen LogP contribution in [0.1, 0.15) is 55.3 Å². The van der Waals surface area contributed by atoms with Crippen molar-refractivity contribution in [2.24, 2.45) is 0 Å². The van der Waals surface area contributed by atoms with E-state index < -0.39 is 0 Å². The Morgan fingerprint density at radius 3 is 2.32 bits per heavy atom. The number of aromatic nitrogens is 1. The summed E-state index contributed by atoms with van der Waals surface area (Å²) in [4.78, 5) is 2.13. The zero-order valence-electron chi connectivity index (χ0n) is 16.0. The lowest BCUT2D eigenvalue weighted by atomic mass is 10.1. The lowest BCUT2D eigenvalue weighted by Gasteiger charge is -2.11. The van der Waals surface area contributed by atoms with Crippen LogP contribution in [-0.4, -0.2) is 14.1 Å². The summed E-state index contributed by atoms with van der Waals surface area (Å²) in [5, 5.41) is 3.61. The van der Waals surface area contributed by atoms with Crippen molar-refractivity contribution in [2.45, 2.75) is 52.5 Å². The molecular weight excluding hydrogens is 439 g/mol. The smallest absolute Gasteiger partial charge is 0.261 e. The summed E-state index contributed by atoms with van der Waals surface area (Å²) in [6.45, 7) is 5.62. The summed E-state index contributed by atoms with van der Waals surface area (Å²) in [6, 6.07) is 8.70. The molecule has 0 spiro atoms. The van der Waals surface area contributed by atoms with E-state index in [-0.39, 0.29) is 24.0 Å². The molecule has 0 N–H and O–H groups in total. The van der Waals surface area contributed by atoms with Crippen molar-refractivity contribution in [2.75, 3.05) is 19.0 Å². The van der Waals surface area contributed by atoms with Crippen LogP contribution < -0.4 is 33.4 Å². The van der Waals surface area contributed by atoms with Crippen molar-refractivity contribution < 1.29 is 28.5 Å². The molecule has 0 bridgehead atoms. The van der Waals surface area contributed by atoms with Crippen molar-refractivity contribution >= 4 is 29.2 Å². The third kappa shape index (κ3) is 7.10. The van der Waals surface area contributed by atoms with Crippen molar-refractivity contribution in [3.8, 4) is 0 Å². The van der Waals surface area contributed by atoms with Crippen LogP contribution in [0, 0.1) is 6.92 Å². The lowest BCUT2D eigenvalue weighted by molar-refractivity contribution is -0.700. The van der Waals surface area contributed by atoms with Crippen molar-refractivity contribution in [3.05, 3.63) is 45.9 Å². The van der Waals surface area contributed by atoms with E-state index in [0.717, 1.165) is 6.54 Å². The molecule has 0 atom stereocenters. The van der Waals surface area contributed by atoms with Gasteiger partial charge < -0.3 is 28.9 Å². The summed E-state index contributed by atoms with van der Waals surface area (Å²) in [6.07, 6.45) is 11.1. The lowest BCUT2D eigenvalue weighted by Crippen LogP contribution is -3.00. The van der Waals surface area contributed by atoms with Gasteiger partial charge >= 0.3 is 0 Å². The first-order chi connectivity index (χ1) is 11.6. The summed E-state index contributed by atoms with van der Waals surface area (Å²) in [5.74, 6) is 0. The predicted molar refractivity (Wildman–Crippen MR) is 108 cm³/mol. The van der Waals surface area contributed by atoms with Gasteiger partial charge in [-0.3, -0.25) is 0 Å². The summed E-state index contributed by atoms with van der Waals surface area (Å²) >= 11 is 1.84. The molecule has 0 amide bonds. The van der Waals surface area contributed by atoms with Gasteiger partial charge in [-0.25, -0.2) is 0 Å². The minimum Gasteiger partial charge on any atom is -1.00 e. The highest BCUT2D eigenvalue weighted by Crippen LogP contribution is 2.16. The zero-order valence-corrected chi connectivity index (χ0v) is 18.9. The molecule has 138 valence electrons. The largest absolute Gasteiger partial charge is 1.00 e. The number of nitrogens with zero attached hydrogens (tertiary/aromatic N) is 2. The zero-order chi connectivity index (χ0) is 17.4. The average molecular weight is 470 g/mol. The number of rotatable bonds is 9. The Morgan fingerprint density at radius 2 is 1.68 bits per heavy atom. The highest BCUT2D eigenvalue weighted by atomic mass is 127. The molecule has 0 aliphatic rings. The predicted octanol–water partition coefficient (Wildman–Crippen LogP) is 2.55. The van der Waals surface area contributed by atoms with E-state index in [1.165, 1.54) is 54.1 Å². The quantitative estimate of drug-likeness (QED) is 0.311. The second kappa shape index (κ2) is 11.7. The van der Waals surface area contributed by atoms with Gasteiger partial charge in [0.2, 0.25) is 0 Å². The van der Waals surface area contributed by atoms with E-state index in [1.54, 1.807) is 0 Å². The van der Waals surface area contributed by atoms with E-state index in [4.69, 9.17) is 0 Å². The van der Waals surface area contributed by atoms with E-state index in [2.05, 4.69) is 79.2 Å². The number of anilines is 1. The van der Waals surface area contributed by atoms with Gasteiger partial charge in [0.05, 0.1) is 5.38 Å². The van der Waals surface area contributed by atoms with Crippen LogP contribution >= 0.6 is 11.3 Å². The fourth-order valence-electron chi connectivity index (χ4n) is 2.79. The van der Waals surface area contributed by atoms with Crippen LogP contribution in [0.5, 0.6) is 0 Å². The molecule has 25 heavy (non-hydrogen) atoms.